The molecule has 9 heteroatoms. The molecule has 2 aromatic rings. The van der Waals surface area contributed by atoms with Gasteiger partial charge < -0.3 is 40.4 Å². The molecular weight excluding hydrogens is 522 g/mol. The van der Waals surface area contributed by atoms with Crippen LogP contribution in [0.1, 0.15) is 65.2 Å². The number of benzene rings is 2. The molecule has 2 amide bonds. The lowest BCUT2D eigenvalue weighted by Crippen LogP contribution is -2.62. The van der Waals surface area contributed by atoms with Crippen LogP contribution in [0.3, 0.4) is 0 Å². The predicted molar refractivity (Wildman–Crippen MR) is 158 cm³/mol. The number of aliphatic hydroxyl groups is 2. The Morgan fingerprint density at radius 1 is 0.878 bits per heavy atom. The van der Waals surface area contributed by atoms with Crippen molar-refractivity contribution in [1.82, 2.24) is 15.5 Å². The molecule has 0 saturated heterocycles. The number of alkyl carbamates (subject to hydrolysis) is 1. The SMILES string of the molecule is CCc1ccccc1C[C@H](NC(=O)OC(C)(C)C)[C@H](O)CNC[C@@H](O)[C@H](Cc1ccccc1)N(C(=O)[O-])C(C)(C)C. The number of carboxylic acid groups (broad SMARTS) is 1. The maximum absolute atomic E-state index is 12.6. The van der Waals surface area contributed by atoms with Crippen molar-refractivity contribution in [2.75, 3.05) is 13.1 Å². The van der Waals surface area contributed by atoms with E-state index in [2.05, 4.69) is 10.6 Å². The highest BCUT2D eigenvalue weighted by Crippen LogP contribution is 2.22. The van der Waals surface area contributed by atoms with Crippen molar-refractivity contribution >= 4 is 12.2 Å². The maximum Gasteiger partial charge on any atom is 0.407 e. The van der Waals surface area contributed by atoms with E-state index >= 15 is 0 Å². The highest BCUT2D eigenvalue weighted by molar-refractivity contribution is 5.68. The number of carbonyl (C=O) groups is 2. The van der Waals surface area contributed by atoms with Gasteiger partial charge >= 0.3 is 6.09 Å². The third-order valence-corrected chi connectivity index (χ3v) is 6.80. The maximum atomic E-state index is 12.6. The zero-order chi connectivity index (χ0) is 30.8. The molecule has 4 atom stereocenters. The Hall–Kier alpha value is -3.14. The van der Waals surface area contributed by atoms with Gasteiger partial charge in [-0.3, -0.25) is 0 Å². The van der Waals surface area contributed by atoms with Crippen molar-refractivity contribution in [3.8, 4) is 0 Å². The largest absolute Gasteiger partial charge is 0.530 e. The molecule has 2 aromatic carbocycles. The number of hydrogen-bond acceptors (Lipinski definition) is 7. The fourth-order valence-corrected chi connectivity index (χ4v) is 4.90. The van der Waals surface area contributed by atoms with Crippen LogP contribution in [0.2, 0.25) is 0 Å². The van der Waals surface area contributed by atoms with E-state index in [4.69, 9.17) is 4.74 Å². The summed E-state index contributed by atoms with van der Waals surface area (Å²) in [4.78, 5) is 26.0. The van der Waals surface area contributed by atoms with Crippen LogP contribution in [-0.2, 0) is 24.0 Å². The second-order valence-corrected chi connectivity index (χ2v) is 12.4. The molecule has 0 fully saturated rings. The quantitative estimate of drug-likeness (QED) is 0.291. The van der Waals surface area contributed by atoms with Gasteiger partial charge in [-0.05, 0) is 77.5 Å². The minimum absolute atomic E-state index is 0.0130. The fraction of sp³-hybridized carbons (Fsp3) is 0.562. The number of hydrogen-bond donors (Lipinski definition) is 4. The standard InChI is InChI=1S/C32H49N3O6/c1-8-23-16-12-13-17-24(23)19-25(34-29(38)41-32(5,6)7)27(36)20-33-21-28(37)26(18-22-14-10-9-11-15-22)35(30(39)40)31(2,3)4/h9-17,25-28,33,36-37H,8,18-21H2,1-7H3,(H,34,38)(H,39,40)/p-1/t25-,26-,27+,28+/m0/s1. The highest BCUT2D eigenvalue weighted by Gasteiger charge is 2.34. The van der Waals surface area contributed by atoms with Crippen molar-refractivity contribution < 1.29 is 29.6 Å². The Morgan fingerprint density at radius 3 is 1.98 bits per heavy atom. The summed E-state index contributed by atoms with van der Waals surface area (Å²) >= 11 is 0. The molecular formula is C32H48N3O6-. The van der Waals surface area contributed by atoms with E-state index < -0.39 is 47.6 Å². The van der Waals surface area contributed by atoms with Crippen LogP contribution in [0.15, 0.2) is 54.6 Å². The Kier molecular flexibility index (Phi) is 12.6. The molecule has 9 nitrogen and oxygen atoms in total. The third-order valence-electron chi connectivity index (χ3n) is 6.80. The molecule has 0 aliphatic heterocycles. The average molecular weight is 571 g/mol. The molecule has 0 bridgehead atoms. The number of aliphatic hydroxyl groups excluding tert-OH is 2. The van der Waals surface area contributed by atoms with Gasteiger partial charge in [-0.2, -0.15) is 0 Å². The van der Waals surface area contributed by atoms with Crippen LogP contribution in [0, 0.1) is 0 Å². The van der Waals surface area contributed by atoms with Crippen molar-refractivity contribution in [3.63, 3.8) is 0 Å². The van der Waals surface area contributed by atoms with Crippen LogP contribution in [0.5, 0.6) is 0 Å². The third kappa shape index (κ3) is 11.3. The summed E-state index contributed by atoms with van der Waals surface area (Å²) in [5, 5.41) is 40.4. The second kappa shape index (κ2) is 15.2. The van der Waals surface area contributed by atoms with Gasteiger partial charge in [0.05, 0.1) is 24.3 Å². The summed E-state index contributed by atoms with van der Waals surface area (Å²) in [7, 11) is 0. The van der Waals surface area contributed by atoms with Gasteiger partial charge in [0.25, 0.3) is 0 Å². The molecule has 0 unspecified atom stereocenters. The summed E-state index contributed by atoms with van der Waals surface area (Å²) < 4.78 is 5.44. The monoisotopic (exact) mass is 570 g/mol. The van der Waals surface area contributed by atoms with Gasteiger partial charge in [0, 0.05) is 18.6 Å². The van der Waals surface area contributed by atoms with Gasteiger partial charge in [0.2, 0.25) is 0 Å². The van der Waals surface area contributed by atoms with Gasteiger partial charge in [-0.15, -0.1) is 0 Å². The first-order chi connectivity index (χ1) is 19.1. The van der Waals surface area contributed by atoms with Crippen LogP contribution in [-0.4, -0.2) is 75.8 Å². The minimum atomic E-state index is -1.37. The average Bonchev–Trinajstić information content (AvgIpc) is 2.86. The molecule has 0 aliphatic carbocycles. The summed E-state index contributed by atoms with van der Waals surface area (Å²) in [6.45, 7) is 12.7. The Labute approximate surface area is 244 Å². The first-order valence-corrected chi connectivity index (χ1v) is 14.3. The fourth-order valence-electron chi connectivity index (χ4n) is 4.90. The number of carbonyl (C=O) groups excluding carboxylic acids is 2. The predicted octanol–water partition coefficient (Wildman–Crippen LogP) is 3.05. The zero-order valence-corrected chi connectivity index (χ0v) is 25.5. The summed E-state index contributed by atoms with van der Waals surface area (Å²) in [5.74, 6) is 0. The molecule has 0 aliphatic rings. The number of ether oxygens (including phenoxy) is 1. The minimum Gasteiger partial charge on any atom is -0.530 e. The number of aryl methyl sites for hydroxylation is 1. The Bertz CT molecular complexity index is 1100. The van der Waals surface area contributed by atoms with E-state index in [9.17, 15) is 24.9 Å². The van der Waals surface area contributed by atoms with Crippen molar-refractivity contribution in [2.45, 2.75) is 103 Å². The first kappa shape index (κ1) is 34.1. The smallest absolute Gasteiger partial charge is 0.407 e. The van der Waals surface area contributed by atoms with E-state index in [-0.39, 0.29) is 19.5 Å². The molecule has 0 spiro atoms. The van der Waals surface area contributed by atoms with Gasteiger partial charge in [-0.1, -0.05) is 61.5 Å². The Morgan fingerprint density at radius 2 is 1.44 bits per heavy atom. The molecule has 41 heavy (non-hydrogen) atoms. The van der Waals surface area contributed by atoms with E-state index in [0.717, 1.165) is 23.1 Å². The van der Waals surface area contributed by atoms with Crippen LogP contribution < -0.4 is 15.7 Å². The van der Waals surface area contributed by atoms with Crippen LogP contribution >= 0.6 is 0 Å². The molecule has 0 saturated carbocycles. The van der Waals surface area contributed by atoms with Crippen molar-refractivity contribution in [3.05, 3.63) is 71.3 Å². The van der Waals surface area contributed by atoms with Gasteiger partial charge in [-0.25, -0.2) is 4.79 Å². The lowest BCUT2D eigenvalue weighted by atomic mass is 9.94. The Balaban J connectivity index is 2.18. The van der Waals surface area contributed by atoms with E-state index in [1.165, 1.54) is 4.90 Å². The molecule has 228 valence electrons. The second-order valence-electron chi connectivity index (χ2n) is 12.4. The highest BCUT2D eigenvalue weighted by atomic mass is 16.6. The van der Waals surface area contributed by atoms with E-state index in [1.807, 2.05) is 61.5 Å². The number of rotatable bonds is 13. The van der Waals surface area contributed by atoms with E-state index in [0.29, 0.717) is 6.42 Å². The lowest BCUT2D eigenvalue weighted by molar-refractivity contribution is -0.275. The molecule has 2 rings (SSSR count). The zero-order valence-electron chi connectivity index (χ0n) is 25.5. The number of nitrogens with one attached hydrogen (secondary N) is 2. The lowest BCUT2D eigenvalue weighted by Gasteiger charge is -2.45. The van der Waals surface area contributed by atoms with Crippen LogP contribution in [0.25, 0.3) is 0 Å². The van der Waals surface area contributed by atoms with Gasteiger partial charge in [0.1, 0.15) is 11.7 Å². The first-order valence-electron chi connectivity index (χ1n) is 14.3. The van der Waals surface area contributed by atoms with Gasteiger partial charge in [0.15, 0.2) is 0 Å². The normalized spacial score (nSPS) is 15.0. The number of amides is 2. The summed E-state index contributed by atoms with van der Waals surface area (Å²) in [5.41, 5.74) is 1.49. The van der Waals surface area contributed by atoms with Crippen LogP contribution in [0.4, 0.5) is 9.59 Å². The molecule has 0 heterocycles. The molecule has 0 aromatic heterocycles. The van der Waals surface area contributed by atoms with Crippen molar-refractivity contribution in [2.24, 2.45) is 0 Å². The molecule has 4 N–H and O–H groups in total. The van der Waals surface area contributed by atoms with E-state index in [1.54, 1.807) is 41.5 Å². The summed E-state index contributed by atoms with van der Waals surface area (Å²) in [6.07, 6.45) is -2.64. The topological polar surface area (TPSA) is 134 Å². The summed E-state index contributed by atoms with van der Waals surface area (Å²) in [6, 6.07) is 15.8. The van der Waals surface area contributed by atoms with Crippen molar-refractivity contribution in [1.29, 1.82) is 0 Å². The number of nitrogens with zero attached hydrogens (tertiary/aromatic N) is 1. The molecule has 0 radical (unpaired) electrons.